The zero-order valence-corrected chi connectivity index (χ0v) is 26.0. The van der Waals surface area contributed by atoms with Crippen molar-refractivity contribution in [1.82, 2.24) is 29.7 Å². The van der Waals surface area contributed by atoms with Crippen molar-refractivity contribution in [3.8, 4) is 0 Å². The molecule has 0 aliphatic carbocycles. The number of aromatic nitrogens is 4. The number of amidine groups is 1. The number of hydrogen-bond acceptors (Lipinski definition) is 12. The molecule has 4 heterocycles. The standard InChI is InChI=1S/C28H30BrN11O2S/c1-38-11-13-39(14-12-38)25-9-10-40(18-32-25)26-17-30-21-8-7-19(15-24(21)34-26)33-28-31-16-20(29)27(36-28)35-22-5-3-4-6-23(22)37-43(2,41)42/h3-10,15-17,37H,11-14,18H2,1-2H3,(H2,31,33,35,36). The maximum atomic E-state index is 11.8. The van der Waals surface area contributed by atoms with Crippen LogP contribution in [0.3, 0.4) is 0 Å². The maximum absolute atomic E-state index is 11.8. The number of sulfonamides is 1. The van der Waals surface area contributed by atoms with E-state index in [2.05, 4.69) is 63.1 Å². The molecule has 0 atom stereocenters. The molecule has 13 nitrogen and oxygen atoms in total. The third-order valence-corrected chi connectivity index (χ3v) is 8.09. The van der Waals surface area contributed by atoms with Crippen molar-refractivity contribution >= 4 is 77.5 Å². The van der Waals surface area contributed by atoms with Gasteiger partial charge in [0.2, 0.25) is 16.0 Å². The number of halogens is 1. The van der Waals surface area contributed by atoms with Crippen LogP contribution in [0.1, 0.15) is 0 Å². The fourth-order valence-electron chi connectivity index (χ4n) is 4.67. The van der Waals surface area contributed by atoms with E-state index in [0.717, 1.165) is 49.5 Å². The van der Waals surface area contributed by atoms with Crippen LogP contribution < -0.4 is 20.3 Å². The molecule has 0 spiro atoms. The highest BCUT2D eigenvalue weighted by Gasteiger charge is 2.19. The number of aliphatic imine (C=N–C) groups is 1. The second-order valence-electron chi connectivity index (χ2n) is 10.2. The van der Waals surface area contributed by atoms with Crippen LogP contribution in [0.5, 0.6) is 0 Å². The quantitative estimate of drug-likeness (QED) is 0.264. The number of benzene rings is 2. The predicted octanol–water partition coefficient (Wildman–Crippen LogP) is 3.98. The first-order chi connectivity index (χ1) is 20.7. The second-order valence-corrected chi connectivity index (χ2v) is 12.8. The van der Waals surface area contributed by atoms with Gasteiger partial charge in [-0.25, -0.2) is 23.4 Å². The van der Waals surface area contributed by atoms with Gasteiger partial charge in [-0.2, -0.15) is 4.98 Å². The van der Waals surface area contributed by atoms with E-state index in [1.165, 1.54) is 0 Å². The molecule has 43 heavy (non-hydrogen) atoms. The van der Waals surface area contributed by atoms with E-state index in [4.69, 9.17) is 9.98 Å². The number of hydrogen-bond donors (Lipinski definition) is 3. The van der Waals surface area contributed by atoms with Gasteiger partial charge in [-0.1, -0.05) is 12.1 Å². The molecule has 0 bridgehead atoms. The number of para-hydroxylation sites is 2. The fraction of sp³-hybridized carbons (Fsp3) is 0.250. The van der Waals surface area contributed by atoms with E-state index in [9.17, 15) is 8.42 Å². The molecule has 0 unspecified atom stereocenters. The van der Waals surface area contributed by atoms with Crippen molar-refractivity contribution in [2.45, 2.75) is 0 Å². The highest BCUT2D eigenvalue weighted by molar-refractivity contribution is 9.10. The summed E-state index contributed by atoms with van der Waals surface area (Å²) in [6.45, 7) is 4.48. The molecule has 6 rings (SSSR count). The summed E-state index contributed by atoms with van der Waals surface area (Å²) in [5.74, 6) is 2.50. The van der Waals surface area contributed by atoms with Crippen molar-refractivity contribution in [3.05, 3.63) is 71.6 Å². The van der Waals surface area contributed by atoms with Crippen molar-refractivity contribution in [2.75, 3.05) is 66.4 Å². The topological polar surface area (TPSA) is 144 Å². The van der Waals surface area contributed by atoms with E-state index in [-0.39, 0.29) is 0 Å². The lowest BCUT2D eigenvalue weighted by Gasteiger charge is -2.35. The Hall–Kier alpha value is -4.34. The number of likely N-dealkylation sites (N-methyl/N-ethyl adjacent to an activating group) is 1. The van der Waals surface area contributed by atoms with Crippen LogP contribution in [0.15, 0.2) is 76.6 Å². The van der Waals surface area contributed by atoms with E-state index >= 15 is 0 Å². The summed E-state index contributed by atoms with van der Waals surface area (Å²) in [6.07, 6.45) is 8.51. The third-order valence-electron chi connectivity index (χ3n) is 6.92. The van der Waals surface area contributed by atoms with Gasteiger partial charge >= 0.3 is 0 Å². The van der Waals surface area contributed by atoms with Gasteiger partial charge in [0.25, 0.3) is 0 Å². The van der Waals surface area contributed by atoms with Gasteiger partial charge in [0.1, 0.15) is 18.3 Å². The molecule has 1 saturated heterocycles. The van der Waals surface area contributed by atoms with Crippen LogP contribution in [0.4, 0.5) is 34.6 Å². The number of fused-ring (bicyclic) bond motifs is 1. The molecule has 0 amide bonds. The summed E-state index contributed by atoms with van der Waals surface area (Å²) in [5, 5.41) is 6.40. The van der Waals surface area contributed by atoms with E-state index in [0.29, 0.717) is 45.6 Å². The van der Waals surface area contributed by atoms with Gasteiger partial charge in [0.05, 0.1) is 39.3 Å². The van der Waals surface area contributed by atoms with Gasteiger partial charge in [-0.05, 0) is 59.4 Å². The summed E-state index contributed by atoms with van der Waals surface area (Å²) in [5.41, 5.74) is 3.14. The molecule has 2 aliphatic rings. The van der Waals surface area contributed by atoms with E-state index in [1.807, 2.05) is 35.4 Å². The summed E-state index contributed by atoms with van der Waals surface area (Å²) < 4.78 is 26.7. The molecule has 0 radical (unpaired) electrons. The van der Waals surface area contributed by atoms with Crippen LogP contribution in [0.25, 0.3) is 11.0 Å². The lowest BCUT2D eigenvalue weighted by atomic mass is 10.2. The number of anilines is 6. The highest BCUT2D eigenvalue weighted by Crippen LogP contribution is 2.30. The number of piperazine rings is 1. The van der Waals surface area contributed by atoms with Crippen LogP contribution in [0.2, 0.25) is 0 Å². The first-order valence-corrected chi connectivity index (χ1v) is 16.2. The number of nitrogens with zero attached hydrogens (tertiary/aromatic N) is 8. The minimum Gasteiger partial charge on any atom is -0.354 e. The Bertz CT molecular complexity index is 1820. The SMILES string of the molecule is CN1CCN(C2=NCN(c3cnc4ccc(Nc5ncc(Br)c(Nc6ccccc6NS(C)(=O)=O)n5)cc4n3)C=C2)CC1. The van der Waals surface area contributed by atoms with Crippen molar-refractivity contribution in [1.29, 1.82) is 0 Å². The van der Waals surface area contributed by atoms with Gasteiger partial charge in [-0.15, -0.1) is 0 Å². The average Bonchev–Trinajstić information content (AvgIpc) is 2.99. The van der Waals surface area contributed by atoms with E-state index < -0.39 is 10.0 Å². The van der Waals surface area contributed by atoms with Crippen molar-refractivity contribution < 1.29 is 8.42 Å². The summed E-state index contributed by atoms with van der Waals surface area (Å²) in [7, 11) is -1.32. The molecule has 2 aromatic carbocycles. The molecule has 2 aliphatic heterocycles. The minimum atomic E-state index is -3.46. The molecule has 1 fully saturated rings. The first kappa shape index (κ1) is 28.8. The molecular weight excluding hydrogens is 634 g/mol. The molecule has 15 heteroatoms. The van der Waals surface area contributed by atoms with Gasteiger partial charge in [0, 0.05) is 44.3 Å². The van der Waals surface area contributed by atoms with Crippen LogP contribution in [-0.4, -0.2) is 90.1 Å². The number of rotatable bonds is 7. The largest absolute Gasteiger partial charge is 0.354 e. The molecule has 222 valence electrons. The molecular formula is C28H30BrN11O2S. The fourth-order valence-corrected chi connectivity index (χ4v) is 5.53. The normalized spacial score (nSPS) is 15.8. The lowest BCUT2D eigenvalue weighted by molar-refractivity contribution is 0.215. The molecule has 3 N–H and O–H groups in total. The van der Waals surface area contributed by atoms with Crippen LogP contribution >= 0.6 is 15.9 Å². The van der Waals surface area contributed by atoms with E-state index in [1.54, 1.807) is 36.7 Å². The van der Waals surface area contributed by atoms with Crippen molar-refractivity contribution in [2.24, 2.45) is 4.99 Å². The monoisotopic (exact) mass is 663 g/mol. The maximum Gasteiger partial charge on any atom is 0.229 e. The average molecular weight is 665 g/mol. The Morgan fingerprint density at radius 1 is 0.907 bits per heavy atom. The Morgan fingerprint density at radius 2 is 1.70 bits per heavy atom. The molecule has 2 aromatic heterocycles. The Morgan fingerprint density at radius 3 is 2.44 bits per heavy atom. The van der Waals surface area contributed by atoms with Crippen LogP contribution in [-0.2, 0) is 10.0 Å². The Labute approximate surface area is 258 Å². The lowest BCUT2D eigenvalue weighted by Crippen LogP contribution is -2.47. The summed E-state index contributed by atoms with van der Waals surface area (Å²) >= 11 is 3.47. The predicted molar refractivity (Wildman–Crippen MR) is 174 cm³/mol. The van der Waals surface area contributed by atoms with Crippen molar-refractivity contribution in [3.63, 3.8) is 0 Å². The summed E-state index contributed by atoms with van der Waals surface area (Å²) in [4.78, 5) is 29.8. The molecule has 0 saturated carbocycles. The third kappa shape index (κ3) is 7.01. The second kappa shape index (κ2) is 12.1. The van der Waals surface area contributed by atoms with Gasteiger partial charge in [-0.3, -0.25) is 9.71 Å². The Balaban J connectivity index is 1.17. The van der Waals surface area contributed by atoms with Gasteiger partial charge < -0.3 is 25.3 Å². The Kier molecular flexibility index (Phi) is 8.10. The smallest absolute Gasteiger partial charge is 0.229 e. The molecule has 4 aromatic rings. The number of nitrogens with one attached hydrogen (secondary N) is 3. The van der Waals surface area contributed by atoms with Crippen LogP contribution in [0, 0.1) is 0 Å². The zero-order valence-electron chi connectivity index (χ0n) is 23.6. The first-order valence-electron chi connectivity index (χ1n) is 13.5. The zero-order chi connectivity index (χ0) is 30.0. The minimum absolute atomic E-state index is 0.340. The van der Waals surface area contributed by atoms with Gasteiger partial charge in [0.15, 0.2) is 5.82 Å². The summed E-state index contributed by atoms with van der Waals surface area (Å²) in [6, 6.07) is 12.6. The highest BCUT2D eigenvalue weighted by atomic mass is 79.9.